The van der Waals surface area contributed by atoms with Gasteiger partial charge in [-0.25, -0.2) is 4.98 Å². The molecule has 1 saturated heterocycles. The van der Waals surface area contributed by atoms with Gasteiger partial charge in [-0.05, 0) is 27.0 Å². The van der Waals surface area contributed by atoms with Crippen LogP contribution in [0.25, 0.3) is 0 Å². The first kappa shape index (κ1) is 15.9. The highest BCUT2D eigenvalue weighted by Crippen LogP contribution is 2.26. The van der Waals surface area contributed by atoms with E-state index in [1.807, 2.05) is 26.0 Å². The molecule has 5 nitrogen and oxygen atoms in total. The lowest BCUT2D eigenvalue weighted by molar-refractivity contribution is 0.147. The smallest absolute Gasteiger partial charge is 0.241 e. The molecule has 0 spiro atoms. The van der Waals surface area contributed by atoms with Gasteiger partial charge >= 0.3 is 0 Å². The largest absolute Gasteiger partial charge is 0.437 e. The van der Waals surface area contributed by atoms with Crippen LogP contribution in [0, 0.1) is 13.8 Å². The van der Waals surface area contributed by atoms with Crippen LogP contribution >= 0.6 is 0 Å². The summed E-state index contributed by atoms with van der Waals surface area (Å²) in [7, 11) is 2.17. The molecule has 2 aromatic rings. The van der Waals surface area contributed by atoms with E-state index in [0.29, 0.717) is 5.88 Å². The van der Waals surface area contributed by atoms with Gasteiger partial charge < -0.3 is 9.64 Å². The Hall–Kier alpha value is -1.98. The summed E-state index contributed by atoms with van der Waals surface area (Å²) in [5.74, 6) is 1.46. The van der Waals surface area contributed by atoms with Gasteiger partial charge in [-0.1, -0.05) is 18.2 Å². The third kappa shape index (κ3) is 4.06. The summed E-state index contributed by atoms with van der Waals surface area (Å²) < 4.78 is 6.07. The van der Waals surface area contributed by atoms with Crippen molar-refractivity contribution in [3.8, 4) is 11.6 Å². The number of hydrogen-bond acceptors (Lipinski definition) is 5. The van der Waals surface area contributed by atoms with Gasteiger partial charge in [0.05, 0.1) is 11.4 Å². The maximum absolute atomic E-state index is 6.07. The number of para-hydroxylation sites is 1. The van der Waals surface area contributed by atoms with E-state index in [1.54, 1.807) is 6.20 Å². The Morgan fingerprint density at radius 1 is 1.09 bits per heavy atom. The highest BCUT2D eigenvalue weighted by atomic mass is 16.5. The number of rotatable bonds is 4. The summed E-state index contributed by atoms with van der Waals surface area (Å²) in [6.07, 6.45) is 1.76. The molecule has 1 aliphatic heterocycles. The van der Waals surface area contributed by atoms with E-state index < -0.39 is 0 Å². The van der Waals surface area contributed by atoms with Gasteiger partial charge in [-0.3, -0.25) is 9.88 Å². The van der Waals surface area contributed by atoms with Gasteiger partial charge in [0.15, 0.2) is 0 Å². The van der Waals surface area contributed by atoms with Crippen molar-refractivity contribution in [2.24, 2.45) is 0 Å². The van der Waals surface area contributed by atoms with Crippen LogP contribution in [0.15, 0.2) is 30.5 Å². The summed E-state index contributed by atoms with van der Waals surface area (Å²) in [6.45, 7) is 9.17. The molecule has 0 atom stereocenters. The Balaban J connectivity index is 1.76. The Bertz CT molecular complexity index is 666. The Morgan fingerprint density at radius 3 is 2.61 bits per heavy atom. The van der Waals surface area contributed by atoms with Crippen LogP contribution in [-0.4, -0.2) is 53.0 Å². The zero-order valence-electron chi connectivity index (χ0n) is 14.1. The molecule has 5 heteroatoms. The van der Waals surface area contributed by atoms with Crippen molar-refractivity contribution >= 4 is 0 Å². The molecule has 0 N–H and O–H groups in total. The van der Waals surface area contributed by atoms with E-state index in [1.165, 1.54) is 5.56 Å². The van der Waals surface area contributed by atoms with Crippen LogP contribution < -0.4 is 4.74 Å². The maximum atomic E-state index is 6.07. The lowest BCUT2D eigenvalue weighted by atomic mass is 10.1. The van der Waals surface area contributed by atoms with E-state index >= 15 is 0 Å². The molecule has 0 saturated carbocycles. The first-order chi connectivity index (χ1) is 11.1. The molecule has 0 radical (unpaired) electrons. The van der Waals surface area contributed by atoms with Gasteiger partial charge in [-0.2, -0.15) is 0 Å². The summed E-state index contributed by atoms with van der Waals surface area (Å²) in [5.41, 5.74) is 2.87. The number of benzene rings is 1. The molecule has 0 bridgehead atoms. The molecule has 1 aromatic carbocycles. The Kier molecular flexibility index (Phi) is 4.88. The monoisotopic (exact) mass is 312 g/mol. The molecule has 3 rings (SSSR count). The summed E-state index contributed by atoms with van der Waals surface area (Å²) in [6, 6.07) is 8.20. The van der Waals surface area contributed by atoms with Crippen LogP contribution in [0.3, 0.4) is 0 Å². The third-order valence-corrected chi connectivity index (χ3v) is 4.20. The van der Waals surface area contributed by atoms with Crippen LogP contribution in [0.5, 0.6) is 11.6 Å². The summed E-state index contributed by atoms with van der Waals surface area (Å²) >= 11 is 0. The molecular weight excluding hydrogens is 288 g/mol. The number of aryl methyl sites for hydroxylation is 2. The molecule has 122 valence electrons. The SMILES string of the molecule is Cc1cnc(C)c(Oc2ccccc2CN2CCN(C)CC2)n1. The van der Waals surface area contributed by atoms with E-state index in [9.17, 15) is 0 Å². The predicted octanol–water partition coefficient (Wildman–Crippen LogP) is 2.63. The van der Waals surface area contributed by atoms with Crippen LogP contribution in [0.2, 0.25) is 0 Å². The molecule has 23 heavy (non-hydrogen) atoms. The number of piperazine rings is 1. The van der Waals surface area contributed by atoms with Crippen molar-refractivity contribution in [3.63, 3.8) is 0 Å². The molecule has 0 unspecified atom stereocenters. The average molecular weight is 312 g/mol. The van der Waals surface area contributed by atoms with E-state index in [4.69, 9.17) is 4.74 Å². The van der Waals surface area contributed by atoms with Gasteiger partial charge in [0.1, 0.15) is 5.75 Å². The normalized spacial score (nSPS) is 16.5. The van der Waals surface area contributed by atoms with E-state index in [0.717, 1.165) is 49.9 Å². The zero-order valence-corrected chi connectivity index (χ0v) is 14.1. The van der Waals surface area contributed by atoms with Crippen molar-refractivity contribution in [3.05, 3.63) is 47.4 Å². The summed E-state index contributed by atoms with van der Waals surface area (Å²) in [4.78, 5) is 13.6. The molecular formula is C18H24N4O. The molecule has 2 heterocycles. The van der Waals surface area contributed by atoms with Crippen LogP contribution in [0.1, 0.15) is 17.0 Å². The van der Waals surface area contributed by atoms with Crippen LogP contribution in [-0.2, 0) is 6.54 Å². The van der Waals surface area contributed by atoms with Crippen molar-refractivity contribution in [2.45, 2.75) is 20.4 Å². The zero-order chi connectivity index (χ0) is 16.2. The topological polar surface area (TPSA) is 41.5 Å². The summed E-state index contributed by atoms with van der Waals surface area (Å²) in [5, 5.41) is 0. The van der Waals surface area contributed by atoms with E-state index in [2.05, 4.69) is 38.9 Å². The minimum absolute atomic E-state index is 0.593. The fourth-order valence-corrected chi connectivity index (χ4v) is 2.70. The fourth-order valence-electron chi connectivity index (χ4n) is 2.70. The average Bonchev–Trinajstić information content (AvgIpc) is 2.55. The maximum Gasteiger partial charge on any atom is 0.241 e. The number of hydrogen-bond donors (Lipinski definition) is 0. The molecule has 0 amide bonds. The quantitative estimate of drug-likeness (QED) is 0.868. The van der Waals surface area contributed by atoms with Crippen LogP contribution in [0.4, 0.5) is 0 Å². The van der Waals surface area contributed by atoms with Gasteiger partial charge in [0.2, 0.25) is 5.88 Å². The van der Waals surface area contributed by atoms with Crippen molar-refractivity contribution < 1.29 is 4.74 Å². The first-order valence-electron chi connectivity index (χ1n) is 8.09. The minimum atomic E-state index is 0.593. The van der Waals surface area contributed by atoms with Gasteiger partial charge in [0.25, 0.3) is 0 Å². The highest BCUT2D eigenvalue weighted by molar-refractivity contribution is 5.37. The predicted molar refractivity (Wildman–Crippen MR) is 90.8 cm³/mol. The first-order valence-corrected chi connectivity index (χ1v) is 8.09. The highest BCUT2D eigenvalue weighted by Gasteiger charge is 2.16. The standard InChI is InChI=1S/C18H24N4O/c1-14-12-19-15(2)18(20-14)23-17-7-5-4-6-16(17)13-22-10-8-21(3)9-11-22/h4-7,12H,8-11,13H2,1-3H3. The van der Waals surface area contributed by atoms with Crippen molar-refractivity contribution in [1.29, 1.82) is 0 Å². The van der Waals surface area contributed by atoms with Crippen molar-refractivity contribution in [2.75, 3.05) is 33.2 Å². The lowest BCUT2D eigenvalue weighted by Crippen LogP contribution is -2.43. The fraction of sp³-hybridized carbons (Fsp3) is 0.444. The molecule has 0 aliphatic carbocycles. The molecule has 1 aliphatic rings. The lowest BCUT2D eigenvalue weighted by Gasteiger charge is -2.32. The van der Waals surface area contributed by atoms with E-state index in [-0.39, 0.29) is 0 Å². The number of nitrogens with zero attached hydrogens (tertiary/aromatic N) is 4. The second kappa shape index (κ2) is 7.06. The van der Waals surface area contributed by atoms with Gasteiger partial charge in [-0.15, -0.1) is 0 Å². The number of likely N-dealkylation sites (N-methyl/N-ethyl adjacent to an activating group) is 1. The van der Waals surface area contributed by atoms with Crippen molar-refractivity contribution in [1.82, 2.24) is 19.8 Å². The third-order valence-electron chi connectivity index (χ3n) is 4.20. The number of ether oxygens (including phenoxy) is 1. The number of aromatic nitrogens is 2. The van der Waals surface area contributed by atoms with Gasteiger partial charge in [0, 0.05) is 44.5 Å². The minimum Gasteiger partial charge on any atom is -0.437 e. The second-order valence-electron chi connectivity index (χ2n) is 6.19. The molecule has 1 fully saturated rings. The molecule has 1 aromatic heterocycles. The Labute approximate surface area is 137 Å². The second-order valence-corrected chi connectivity index (χ2v) is 6.19. The Morgan fingerprint density at radius 2 is 1.83 bits per heavy atom.